The van der Waals surface area contributed by atoms with Crippen LogP contribution in [0.15, 0.2) is 24.3 Å². The van der Waals surface area contributed by atoms with Gasteiger partial charge in [0.15, 0.2) is 0 Å². The second-order valence-electron chi connectivity index (χ2n) is 4.90. The summed E-state index contributed by atoms with van der Waals surface area (Å²) >= 11 is 15.0. The number of thiophene rings is 2. The van der Waals surface area contributed by atoms with Gasteiger partial charge in [0.2, 0.25) is 0 Å². The van der Waals surface area contributed by atoms with Gasteiger partial charge in [-0.05, 0) is 25.1 Å². The molecule has 1 N–H and O–H groups in total. The predicted molar refractivity (Wildman–Crippen MR) is 100 cm³/mol. The average molecular weight is 400 g/mol. The lowest BCUT2D eigenvalue weighted by molar-refractivity contribution is 0.0602. The maximum atomic E-state index is 12.6. The van der Waals surface area contributed by atoms with Crippen molar-refractivity contribution in [3.05, 3.63) is 49.6 Å². The fourth-order valence-electron chi connectivity index (χ4n) is 2.25. The van der Waals surface area contributed by atoms with E-state index in [9.17, 15) is 9.59 Å². The largest absolute Gasteiger partial charge is 0.465 e. The maximum Gasteiger partial charge on any atom is 0.340 e. The lowest BCUT2D eigenvalue weighted by Gasteiger charge is -2.04. The second kappa shape index (κ2) is 6.72. The number of methoxy groups -OCH3 is 1. The van der Waals surface area contributed by atoms with E-state index in [0.717, 1.165) is 9.58 Å². The quantitative estimate of drug-likeness (QED) is 0.581. The van der Waals surface area contributed by atoms with E-state index in [2.05, 4.69) is 5.32 Å². The summed E-state index contributed by atoms with van der Waals surface area (Å²) in [6.45, 7) is 1.85. The molecular formula is C16H11Cl2NO3S2. The first-order chi connectivity index (χ1) is 11.4. The fourth-order valence-corrected chi connectivity index (χ4v) is 4.99. The van der Waals surface area contributed by atoms with Gasteiger partial charge in [-0.15, -0.1) is 22.7 Å². The Balaban J connectivity index is 1.98. The average Bonchev–Trinajstić information content (AvgIpc) is 3.08. The van der Waals surface area contributed by atoms with Gasteiger partial charge < -0.3 is 10.1 Å². The molecule has 0 saturated heterocycles. The summed E-state index contributed by atoms with van der Waals surface area (Å²) in [4.78, 5) is 25.7. The summed E-state index contributed by atoms with van der Waals surface area (Å²) in [5.41, 5.74) is 0.323. The van der Waals surface area contributed by atoms with Gasteiger partial charge in [-0.1, -0.05) is 29.3 Å². The van der Waals surface area contributed by atoms with Crippen LogP contribution in [0.1, 0.15) is 24.9 Å². The van der Waals surface area contributed by atoms with E-state index in [0.29, 0.717) is 30.9 Å². The summed E-state index contributed by atoms with van der Waals surface area (Å²) in [7, 11) is 1.30. The van der Waals surface area contributed by atoms with Gasteiger partial charge >= 0.3 is 5.97 Å². The number of benzene rings is 1. The van der Waals surface area contributed by atoms with Gasteiger partial charge in [0.25, 0.3) is 5.91 Å². The number of halogens is 2. The van der Waals surface area contributed by atoms with Crippen molar-refractivity contribution in [1.29, 1.82) is 0 Å². The number of ether oxygens (including phenoxy) is 1. The number of anilines is 1. The highest BCUT2D eigenvalue weighted by Crippen LogP contribution is 2.40. The highest BCUT2D eigenvalue weighted by Gasteiger charge is 2.22. The zero-order chi connectivity index (χ0) is 17.4. The summed E-state index contributed by atoms with van der Waals surface area (Å²) in [5.74, 6) is -0.885. The van der Waals surface area contributed by atoms with E-state index >= 15 is 0 Å². The van der Waals surface area contributed by atoms with Crippen LogP contribution in [0.5, 0.6) is 0 Å². The Morgan fingerprint density at radius 1 is 1.21 bits per heavy atom. The molecule has 0 aliphatic rings. The fraction of sp³-hybridized carbons (Fsp3) is 0.125. The van der Waals surface area contributed by atoms with Crippen molar-refractivity contribution in [3.63, 3.8) is 0 Å². The highest BCUT2D eigenvalue weighted by molar-refractivity contribution is 7.22. The minimum Gasteiger partial charge on any atom is -0.465 e. The number of fused-ring (bicyclic) bond motifs is 1. The number of carbonyl (C=O) groups excluding carboxylic acids is 2. The molecule has 8 heteroatoms. The van der Waals surface area contributed by atoms with Gasteiger partial charge in [0.05, 0.1) is 22.7 Å². The van der Waals surface area contributed by atoms with E-state index in [1.165, 1.54) is 29.8 Å². The topological polar surface area (TPSA) is 55.4 Å². The lowest BCUT2D eigenvalue weighted by atomic mass is 10.2. The smallest absolute Gasteiger partial charge is 0.340 e. The third-order valence-electron chi connectivity index (χ3n) is 3.30. The highest BCUT2D eigenvalue weighted by atomic mass is 35.5. The zero-order valence-electron chi connectivity index (χ0n) is 12.6. The number of nitrogens with one attached hydrogen (secondary N) is 1. The standard InChI is InChI=1S/C16H11Cl2NO3S2/c1-7-6-8(16(21)22-2)15(23-7)19-14(20)13-12(18)11-9(17)4-3-5-10(11)24-13/h3-6H,1-2H3,(H,19,20). The number of aryl methyl sites for hydroxylation is 1. The molecule has 0 atom stereocenters. The van der Waals surface area contributed by atoms with E-state index in [4.69, 9.17) is 27.9 Å². The van der Waals surface area contributed by atoms with Crippen molar-refractivity contribution in [1.82, 2.24) is 0 Å². The number of amides is 1. The Morgan fingerprint density at radius 3 is 2.62 bits per heavy atom. The molecule has 0 aliphatic heterocycles. The normalized spacial score (nSPS) is 10.8. The first-order valence-corrected chi connectivity index (χ1v) is 9.18. The van der Waals surface area contributed by atoms with Gasteiger partial charge in [0, 0.05) is 15.0 Å². The van der Waals surface area contributed by atoms with Crippen LogP contribution in [0, 0.1) is 6.92 Å². The Bertz CT molecular complexity index is 962. The van der Waals surface area contributed by atoms with Gasteiger partial charge in [-0.2, -0.15) is 0 Å². The van der Waals surface area contributed by atoms with Gasteiger partial charge in [-0.3, -0.25) is 4.79 Å². The maximum absolute atomic E-state index is 12.6. The van der Waals surface area contributed by atoms with Crippen LogP contribution in [0.4, 0.5) is 5.00 Å². The summed E-state index contributed by atoms with van der Waals surface area (Å²) in [6, 6.07) is 7.05. The molecule has 1 amide bonds. The molecule has 4 nitrogen and oxygen atoms in total. The summed E-state index contributed by atoms with van der Waals surface area (Å²) in [5, 5.41) is 4.65. The molecule has 2 aromatic heterocycles. The first kappa shape index (κ1) is 17.2. The van der Waals surface area contributed by atoms with Crippen LogP contribution in [0.2, 0.25) is 10.0 Å². The van der Waals surface area contributed by atoms with Crippen LogP contribution >= 0.6 is 45.9 Å². The number of carbonyl (C=O) groups is 2. The van der Waals surface area contributed by atoms with Crippen LogP contribution < -0.4 is 5.32 Å². The molecular weight excluding hydrogens is 389 g/mol. The lowest BCUT2D eigenvalue weighted by Crippen LogP contribution is -2.12. The molecule has 0 saturated carbocycles. The van der Waals surface area contributed by atoms with Crippen molar-refractivity contribution < 1.29 is 14.3 Å². The first-order valence-electron chi connectivity index (χ1n) is 6.79. The molecule has 3 rings (SSSR count). The Hall–Kier alpha value is -1.60. The van der Waals surface area contributed by atoms with Gasteiger partial charge in [-0.25, -0.2) is 4.79 Å². The Morgan fingerprint density at radius 2 is 1.96 bits per heavy atom. The van der Waals surface area contributed by atoms with Crippen LogP contribution in [-0.4, -0.2) is 19.0 Å². The molecule has 0 fully saturated rings. The van der Waals surface area contributed by atoms with Crippen molar-refractivity contribution in [2.75, 3.05) is 12.4 Å². The SMILES string of the molecule is COC(=O)c1cc(C)sc1NC(=O)c1sc2cccc(Cl)c2c1Cl. The van der Waals surface area contributed by atoms with Crippen LogP contribution in [-0.2, 0) is 4.74 Å². The third-order valence-corrected chi connectivity index (χ3v) is 6.22. The van der Waals surface area contributed by atoms with Crippen molar-refractivity contribution >= 4 is 72.8 Å². The minimum atomic E-state index is -0.500. The Labute approximate surface area is 156 Å². The summed E-state index contributed by atoms with van der Waals surface area (Å²) in [6.07, 6.45) is 0. The minimum absolute atomic E-state index is 0.311. The van der Waals surface area contributed by atoms with Crippen molar-refractivity contribution in [2.24, 2.45) is 0 Å². The summed E-state index contributed by atoms with van der Waals surface area (Å²) < 4.78 is 5.57. The molecule has 24 heavy (non-hydrogen) atoms. The molecule has 1 aromatic carbocycles. The number of hydrogen-bond acceptors (Lipinski definition) is 5. The molecule has 0 unspecified atom stereocenters. The Kier molecular flexibility index (Phi) is 4.83. The molecule has 0 radical (unpaired) electrons. The van der Waals surface area contributed by atoms with E-state index in [-0.39, 0.29) is 5.91 Å². The monoisotopic (exact) mass is 399 g/mol. The number of hydrogen-bond donors (Lipinski definition) is 1. The second-order valence-corrected chi connectivity index (χ2v) is 8.00. The van der Waals surface area contributed by atoms with E-state index in [1.54, 1.807) is 18.2 Å². The van der Waals surface area contributed by atoms with Crippen LogP contribution in [0.25, 0.3) is 10.1 Å². The number of rotatable bonds is 3. The zero-order valence-corrected chi connectivity index (χ0v) is 15.8. The van der Waals surface area contributed by atoms with Crippen LogP contribution in [0.3, 0.4) is 0 Å². The molecule has 3 aromatic rings. The molecule has 2 heterocycles. The van der Waals surface area contributed by atoms with E-state index in [1.807, 2.05) is 13.0 Å². The van der Waals surface area contributed by atoms with Crippen molar-refractivity contribution in [2.45, 2.75) is 6.92 Å². The van der Waals surface area contributed by atoms with Gasteiger partial charge in [0.1, 0.15) is 9.88 Å². The third kappa shape index (κ3) is 3.02. The predicted octanol–water partition coefficient (Wildman–Crippen LogP) is 5.62. The van der Waals surface area contributed by atoms with E-state index < -0.39 is 5.97 Å². The molecule has 124 valence electrons. The molecule has 0 spiro atoms. The molecule has 0 bridgehead atoms. The molecule has 0 aliphatic carbocycles. The van der Waals surface area contributed by atoms with Crippen molar-refractivity contribution in [3.8, 4) is 0 Å². The number of esters is 1.